The van der Waals surface area contributed by atoms with E-state index in [2.05, 4.69) is 11.0 Å². The normalized spacial score (nSPS) is 18.0. The minimum absolute atomic E-state index is 0.0189. The van der Waals surface area contributed by atoms with Crippen LogP contribution in [0.3, 0.4) is 0 Å². The third-order valence-corrected chi connectivity index (χ3v) is 4.00. The van der Waals surface area contributed by atoms with Crippen LogP contribution in [0.15, 0.2) is 42.5 Å². The van der Waals surface area contributed by atoms with Crippen molar-refractivity contribution in [3.8, 4) is 11.8 Å². The molecule has 0 amide bonds. The summed E-state index contributed by atoms with van der Waals surface area (Å²) in [5, 5.41) is 18.8. The molecule has 1 aliphatic rings. The maximum atomic E-state index is 9.68. The van der Waals surface area contributed by atoms with E-state index in [1.165, 1.54) is 0 Å². The number of phenolic OH excluding ortho intramolecular Hbond substituents is 1. The first-order chi connectivity index (χ1) is 10.7. The summed E-state index contributed by atoms with van der Waals surface area (Å²) in [6.45, 7) is 4.11. The number of ether oxygens (including phenoxy) is 1. The van der Waals surface area contributed by atoms with Gasteiger partial charge in [0.05, 0.1) is 24.3 Å². The van der Waals surface area contributed by atoms with Gasteiger partial charge in [0.15, 0.2) is 0 Å². The predicted octanol–water partition coefficient (Wildman–Crippen LogP) is 3.36. The Kier molecular flexibility index (Phi) is 3.99. The summed E-state index contributed by atoms with van der Waals surface area (Å²) in [6, 6.07) is 15.2. The van der Waals surface area contributed by atoms with Crippen molar-refractivity contribution in [1.82, 2.24) is 0 Å². The van der Waals surface area contributed by atoms with Gasteiger partial charge in [0.1, 0.15) is 5.75 Å². The van der Waals surface area contributed by atoms with E-state index < -0.39 is 0 Å². The fourth-order valence-corrected chi connectivity index (χ4v) is 2.81. The molecule has 0 aromatic heterocycles. The van der Waals surface area contributed by atoms with Gasteiger partial charge in [-0.3, -0.25) is 0 Å². The van der Waals surface area contributed by atoms with Gasteiger partial charge in [-0.2, -0.15) is 5.26 Å². The van der Waals surface area contributed by atoms with Crippen LogP contribution in [0.2, 0.25) is 0 Å². The van der Waals surface area contributed by atoms with Gasteiger partial charge in [0, 0.05) is 24.8 Å². The van der Waals surface area contributed by atoms with E-state index >= 15 is 0 Å². The molecule has 1 unspecified atom stereocenters. The second-order valence-electron chi connectivity index (χ2n) is 5.48. The van der Waals surface area contributed by atoms with Crippen LogP contribution in [0, 0.1) is 11.3 Å². The molecule has 3 rings (SSSR count). The zero-order chi connectivity index (χ0) is 15.5. The molecule has 0 spiro atoms. The number of nitriles is 1. The van der Waals surface area contributed by atoms with Crippen LogP contribution in [0.1, 0.15) is 29.7 Å². The number of phenols is 1. The van der Waals surface area contributed by atoms with Gasteiger partial charge in [-0.1, -0.05) is 12.1 Å². The Morgan fingerprint density at radius 2 is 2.14 bits per heavy atom. The van der Waals surface area contributed by atoms with Gasteiger partial charge in [-0.05, 0) is 42.3 Å². The van der Waals surface area contributed by atoms with Crippen molar-refractivity contribution < 1.29 is 9.84 Å². The summed E-state index contributed by atoms with van der Waals surface area (Å²) in [4.78, 5) is 2.18. The second kappa shape index (κ2) is 6.08. The van der Waals surface area contributed by atoms with Crippen LogP contribution in [-0.2, 0) is 11.3 Å². The van der Waals surface area contributed by atoms with Crippen molar-refractivity contribution in [2.75, 3.05) is 18.1 Å². The molecular weight excluding hydrogens is 276 g/mol. The van der Waals surface area contributed by atoms with Crippen molar-refractivity contribution in [3.63, 3.8) is 0 Å². The Bertz CT molecular complexity index is 721. The van der Waals surface area contributed by atoms with Crippen LogP contribution in [-0.4, -0.2) is 18.3 Å². The average Bonchev–Trinajstić information content (AvgIpc) is 2.52. The highest BCUT2D eigenvalue weighted by Gasteiger charge is 2.19. The lowest BCUT2D eigenvalue weighted by atomic mass is 9.99. The van der Waals surface area contributed by atoms with E-state index in [0.717, 1.165) is 29.9 Å². The SMILES string of the molecule is CC1OCCN(c2cccc(O)c2)Cc2ccc(C#N)cc21. The number of benzene rings is 2. The summed E-state index contributed by atoms with van der Waals surface area (Å²) < 4.78 is 5.88. The van der Waals surface area contributed by atoms with Crippen LogP contribution in [0.5, 0.6) is 5.75 Å². The van der Waals surface area contributed by atoms with Gasteiger partial charge in [-0.25, -0.2) is 0 Å². The lowest BCUT2D eigenvalue weighted by Gasteiger charge is -2.30. The molecule has 0 fully saturated rings. The minimum Gasteiger partial charge on any atom is -0.508 e. The standard InChI is InChI=1S/C18H18N2O2/c1-13-18-9-14(11-19)5-6-15(18)12-20(7-8-22-13)16-3-2-4-17(21)10-16/h2-6,9-10,13,21H,7-8,12H2,1H3. The molecule has 0 saturated carbocycles. The first-order valence-electron chi connectivity index (χ1n) is 7.36. The zero-order valence-corrected chi connectivity index (χ0v) is 12.5. The number of hydrogen-bond donors (Lipinski definition) is 1. The van der Waals surface area contributed by atoms with Crippen LogP contribution in [0.4, 0.5) is 5.69 Å². The third kappa shape index (κ3) is 2.90. The molecule has 2 aromatic carbocycles. The zero-order valence-electron chi connectivity index (χ0n) is 12.5. The third-order valence-electron chi connectivity index (χ3n) is 4.00. The number of aromatic hydroxyl groups is 1. The lowest BCUT2D eigenvalue weighted by Crippen LogP contribution is -2.30. The summed E-state index contributed by atoms with van der Waals surface area (Å²) in [5.41, 5.74) is 3.82. The Labute approximate surface area is 130 Å². The first kappa shape index (κ1) is 14.4. The smallest absolute Gasteiger partial charge is 0.117 e. The maximum Gasteiger partial charge on any atom is 0.117 e. The molecule has 1 heterocycles. The van der Waals surface area contributed by atoms with E-state index in [9.17, 15) is 5.11 Å². The molecule has 112 valence electrons. The molecule has 2 aromatic rings. The molecule has 0 saturated heterocycles. The maximum absolute atomic E-state index is 9.68. The van der Waals surface area contributed by atoms with Gasteiger partial charge in [-0.15, -0.1) is 0 Å². The summed E-state index contributed by atoms with van der Waals surface area (Å²) in [6.07, 6.45) is -0.0189. The van der Waals surface area contributed by atoms with Gasteiger partial charge >= 0.3 is 0 Å². The van der Waals surface area contributed by atoms with Crippen LogP contribution >= 0.6 is 0 Å². The van der Waals surface area contributed by atoms with Crippen LogP contribution < -0.4 is 4.90 Å². The quantitative estimate of drug-likeness (QED) is 0.876. The highest BCUT2D eigenvalue weighted by atomic mass is 16.5. The average molecular weight is 294 g/mol. The molecule has 4 heteroatoms. The van der Waals surface area contributed by atoms with E-state index in [0.29, 0.717) is 12.2 Å². The number of anilines is 1. The topological polar surface area (TPSA) is 56.5 Å². The van der Waals surface area contributed by atoms with E-state index in [-0.39, 0.29) is 11.9 Å². The number of nitrogens with zero attached hydrogens (tertiary/aromatic N) is 2. The molecule has 1 aliphatic heterocycles. The van der Waals surface area contributed by atoms with Crippen molar-refractivity contribution in [1.29, 1.82) is 5.26 Å². The molecule has 4 nitrogen and oxygen atoms in total. The van der Waals surface area contributed by atoms with Gasteiger partial charge in [0.25, 0.3) is 0 Å². The summed E-state index contributed by atoms with van der Waals surface area (Å²) >= 11 is 0. The largest absolute Gasteiger partial charge is 0.508 e. The Balaban J connectivity index is 1.97. The molecule has 22 heavy (non-hydrogen) atoms. The van der Waals surface area contributed by atoms with Crippen molar-refractivity contribution >= 4 is 5.69 Å². The Morgan fingerprint density at radius 3 is 2.91 bits per heavy atom. The molecule has 0 bridgehead atoms. The molecule has 1 N–H and O–H groups in total. The summed E-state index contributed by atoms with van der Waals surface area (Å²) in [7, 11) is 0. The predicted molar refractivity (Wildman–Crippen MR) is 84.7 cm³/mol. The number of fused-ring (bicyclic) bond motifs is 1. The number of rotatable bonds is 1. The second-order valence-corrected chi connectivity index (χ2v) is 5.48. The highest BCUT2D eigenvalue weighted by molar-refractivity contribution is 5.52. The van der Waals surface area contributed by atoms with E-state index in [4.69, 9.17) is 10.00 Å². The molecule has 1 atom stereocenters. The van der Waals surface area contributed by atoms with Gasteiger partial charge in [0.2, 0.25) is 0 Å². The fraction of sp³-hybridized carbons (Fsp3) is 0.278. The van der Waals surface area contributed by atoms with E-state index in [1.807, 2.05) is 37.3 Å². The van der Waals surface area contributed by atoms with Crippen molar-refractivity contribution in [2.24, 2.45) is 0 Å². The first-order valence-corrected chi connectivity index (χ1v) is 7.36. The molecule has 0 radical (unpaired) electrons. The van der Waals surface area contributed by atoms with Gasteiger partial charge < -0.3 is 14.7 Å². The highest BCUT2D eigenvalue weighted by Crippen LogP contribution is 2.29. The fourth-order valence-electron chi connectivity index (χ4n) is 2.81. The van der Waals surface area contributed by atoms with Crippen molar-refractivity contribution in [3.05, 3.63) is 59.2 Å². The molecule has 0 aliphatic carbocycles. The molecular formula is C18H18N2O2. The monoisotopic (exact) mass is 294 g/mol. The summed E-state index contributed by atoms with van der Waals surface area (Å²) in [5.74, 6) is 0.258. The van der Waals surface area contributed by atoms with Crippen molar-refractivity contribution in [2.45, 2.75) is 19.6 Å². The minimum atomic E-state index is -0.0189. The Hall–Kier alpha value is -2.51. The van der Waals surface area contributed by atoms with E-state index in [1.54, 1.807) is 12.1 Å². The lowest BCUT2D eigenvalue weighted by molar-refractivity contribution is 0.0672. The Morgan fingerprint density at radius 1 is 1.27 bits per heavy atom. The van der Waals surface area contributed by atoms with Crippen LogP contribution in [0.25, 0.3) is 0 Å². The number of hydrogen-bond acceptors (Lipinski definition) is 4.